The second-order valence-corrected chi connectivity index (χ2v) is 14.4. The molecule has 0 bridgehead atoms. The molecule has 0 unspecified atom stereocenters. The Labute approximate surface area is 290 Å². The number of hydrogen-bond donors (Lipinski definition) is 1. The third kappa shape index (κ3) is 8.75. The summed E-state index contributed by atoms with van der Waals surface area (Å²) in [7, 11) is -4.35. The first-order valence-corrected chi connectivity index (χ1v) is 17.4. The van der Waals surface area contributed by atoms with Gasteiger partial charge in [0.1, 0.15) is 12.6 Å². The Morgan fingerprint density at radius 3 is 1.93 bits per heavy atom. The molecule has 0 aliphatic rings. The highest BCUT2D eigenvalue weighted by Crippen LogP contribution is 2.36. The number of carbonyl (C=O) groups excluding carboxylic acids is 2. The van der Waals surface area contributed by atoms with Gasteiger partial charge < -0.3 is 10.2 Å². The standard InChI is InChI=1S/C34H33Cl4N3O4S/c1-23(2)20-39-34(43)31(19-24-11-5-3-6-12-24)40(21-26-27(35)15-9-16-28(26)36)32(42)22-41(30-18-10-17-29(37)33(30)38)46(44,45)25-13-7-4-8-14-25/h3-18,23,31H,19-22H2,1-2H3,(H,39,43)/t31-/m1/s1. The average molecular weight is 722 g/mol. The average Bonchev–Trinajstić information content (AvgIpc) is 3.03. The normalized spacial score (nSPS) is 12.1. The fourth-order valence-corrected chi connectivity index (χ4v) is 7.16. The van der Waals surface area contributed by atoms with E-state index in [2.05, 4.69) is 5.32 Å². The second kappa shape index (κ2) is 16.0. The minimum Gasteiger partial charge on any atom is -0.354 e. The SMILES string of the molecule is CC(C)CNC(=O)[C@@H](Cc1ccccc1)N(Cc1c(Cl)cccc1Cl)C(=O)CN(c1cccc(Cl)c1Cl)S(=O)(=O)c1ccccc1. The van der Waals surface area contributed by atoms with Crippen LogP contribution in [0.2, 0.25) is 20.1 Å². The number of benzene rings is 4. The van der Waals surface area contributed by atoms with Gasteiger partial charge in [0.05, 0.1) is 20.6 Å². The fraction of sp³-hybridized carbons (Fsp3) is 0.235. The molecule has 0 aromatic heterocycles. The summed E-state index contributed by atoms with van der Waals surface area (Å²) < 4.78 is 29.2. The molecule has 2 amide bonds. The Balaban J connectivity index is 1.86. The van der Waals surface area contributed by atoms with Gasteiger partial charge in [0.15, 0.2) is 0 Å². The lowest BCUT2D eigenvalue weighted by molar-refractivity contribution is -0.140. The number of rotatable bonds is 13. The first-order valence-electron chi connectivity index (χ1n) is 14.5. The van der Waals surface area contributed by atoms with Crippen molar-refractivity contribution in [1.29, 1.82) is 0 Å². The molecule has 242 valence electrons. The first kappa shape index (κ1) is 35.6. The maximum Gasteiger partial charge on any atom is 0.264 e. The van der Waals surface area contributed by atoms with Crippen molar-refractivity contribution in [3.8, 4) is 0 Å². The summed E-state index contributed by atoms with van der Waals surface area (Å²) in [6.45, 7) is 3.40. The molecule has 46 heavy (non-hydrogen) atoms. The number of anilines is 1. The zero-order chi connectivity index (χ0) is 33.4. The molecule has 0 saturated carbocycles. The van der Waals surface area contributed by atoms with Gasteiger partial charge in [0, 0.05) is 35.1 Å². The number of nitrogens with one attached hydrogen (secondary N) is 1. The largest absolute Gasteiger partial charge is 0.354 e. The van der Waals surface area contributed by atoms with Crippen LogP contribution in [0.5, 0.6) is 0 Å². The first-order chi connectivity index (χ1) is 21.9. The van der Waals surface area contributed by atoms with Crippen molar-refractivity contribution in [1.82, 2.24) is 10.2 Å². The minimum absolute atomic E-state index is 0.00552. The van der Waals surface area contributed by atoms with Gasteiger partial charge in [-0.2, -0.15) is 0 Å². The van der Waals surface area contributed by atoms with E-state index in [9.17, 15) is 18.0 Å². The van der Waals surface area contributed by atoms with E-state index in [0.717, 1.165) is 9.87 Å². The van der Waals surface area contributed by atoms with E-state index in [0.29, 0.717) is 12.1 Å². The van der Waals surface area contributed by atoms with Crippen LogP contribution in [0.4, 0.5) is 5.69 Å². The topological polar surface area (TPSA) is 86.8 Å². The molecule has 4 aromatic carbocycles. The summed E-state index contributed by atoms with van der Waals surface area (Å²) in [5.74, 6) is -0.959. The smallest absolute Gasteiger partial charge is 0.264 e. The lowest BCUT2D eigenvalue weighted by Crippen LogP contribution is -2.53. The molecule has 0 aliphatic carbocycles. The van der Waals surface area contributed by atoms with Gasteiger partial charge in [0.25, 0.3) is 10.0 Å². The van der Waals surface area contributed by atoms with Gasteiger partial charge in [-0.3, -0.25) is 13.9 Å². The summed E-state index contributed by atoms with van der Waals surface area (Å²) in [4.78, 5) is 29.7. The van der Waals surface area contributed by atoms with Gasteiger partial charge in [-0.1, -0.05) is 121 Å². The number of halogens is 4. The summed E-state index contributed by atoms with van der Waals surface area (Å²) >= 11 is 26.0. The van der Waals surface area contributed by atoms with Crippen LogP contribution in [-0.2, 0) is 32.6 Å². The number of nitrogens with zero attached hydrogens (tertiary/aromatic N) is 2. The number of hydrogen-bond acceptors (Lipinski definition) is 4. The van der Waals surface area contributed by atoms with Crippen LogP contribution in [-0.4, -0.2) is 44.3 Å². The molecule has 1 atom stereocenters. The monoisotopic (exact) mass is 719 g/mol. The van der Waals surface area contributed by atoms with Crippen molar-refractivity contribution in [2.75, 3.05) is 17.4 Å². The highest BCUT2D eigenvalue weighted by molar-refractivity contribution is 7.92. The summed E-state index contributed by atoms with van der Waals surface area (Å²) in [6.07, 6.45) is 0.141. The minimum atomic E-state index is -4.35. The van der Waals surface area contributed by atoms with E-state index in [-0.39, 0.29) is 49.6 Å². The van der Waals surface area contributed by atoms with Crippen molar-refractivity contribution in [2.24, 2.45) is 5.92 Å². The molecular weight excluding hydrogens is 688 g/mol. The molecule has 0 saturated heterocycles. The van der Waals surface area contributed by atoms with Crippen molar-refractivity contribution >= 4 is 73.9 Å². The van der Waals surface area contributed by atoms with Crippen molar-refractivity contribution in [3.63, 3.8) is 0 Å². The zero-order valence-corrected chi connectivity index (χ0v) is 29.0. The van der Waals surface area contributed by atoms with Crippen LogP contribution in [0.3, 0.4) is 0 Å². The summed E-state index contributed by atoms with van der Waals surface area (Å²) in [5.41, 5.74) is 1.21. The Bertz CT molecular complexity index is 1750. The van der Waals surface area contributed by atoms with Gasteiger partial charge >= 0.3 is 0 Å². The van der Waals surface area contributed by atoms with Crippen LogP contribution in [0.15, 0.2) is 102 Å². The number of amides is 2. The molecule has 0 heterocycles. The molecule has 4 aromatic rings. The van der Waals surface area contributed by atoms with E-state index in [1.807, 2.05) is 44.2 Å². The van der Waals surface area contributed by atoms with E-state index in [4.69, 9.17) is 46.4 Å². The highest BCUT2D eigenvalue weighted by Gasteiger charge is 2.36. The molecule has 0 spiro atoms. The summed E-state index contributed by atoms with van der Waals surface area (Å²) in [6, 6.07) is 25.3. The lowest BCUT2D eigenvalue weighted by atomic mass is 10.0. The third-order valence-electron chi connectivity index (χ3n) is 7.16. The molecule has 1 N–H and O–H groups in total. The molecule has 0 fully saturated rings. The predicted octanol–water partition coefficient (Wildman–Crippen LogP) is 7.91. The number of carbonyl (C=O) groups is 2. The molecule has 7 nitrogen and oxygen atoms in total. The maximum atomic E-state index is 14.6. The highest BCUT2D eigenvalue weighted by atomic mass is 35.5. The maximum absolute atomic E-state index is 14.6. The molecule has 0 aliphatic heterocycles. The van der Waals surface area contributed by atoms with Gasteiger partial charge in [0.2, 0.25) is 11.8 Å². The van der Waals surface area contributed by atoms with E-state index in [1.54, 1.807) is 42.5 Å². The van der Waals surface area contributed by atoms with Crippen LogP contribution in [0, 0.1) is 5.92 Å². The molecule has 0 radical (unpaired) electrons. The van der Waals surface area contributed by atoms with Crippen molar-refractivity contribution in [3.05, 3.63) is 128 Å². The van der Waals surface area contributed by atoms with Gasteiger partial charge in [-0.05, 0) is 47.9 Å². The van der Waals surface area contributed by atoms with Crippen LogP contribution >= 0.6 is 46.4 Å². The van der Waals surface area contributed by atoms with E-state index in [1.165, 1.54) is 29.2 Å². The van der Waals surface area contributed by atoms with Crippen LogP contribution < -0.4 is 9.62 Å². The van der Waals surface area contributed by atoms with Gasteiger partial charge in [-0.15, -0.1) is 0 Å². The Morgan fingerprint density at radius 1 is 0.761 bits per heavy atom. The Hall–Kier alpha value is -3.27. The summed E-state index contributed by atoms with van der Waals surface area (Å²) in [5, 5.41) is 3.58. The quantitative estimate of drug-likeness (QED) is 0.152. The Morgan fingerprint density at radius 2 is 1.33 bits per heavy atom. The second-order valence-electron chi connectivity index (χ2n) is 11.0. The van der Waals surface area contributed by atoms with Crippen LogP contribution in [0.25, 0.3) is 0 Å². The number of sulfonamides is 1. The van der Waals surface area contributed by atoms with Crippen LogP contribution in [0.1, 0.15) is 25.0 Å². The molecular formula is C34H33Cl4N3O4S. The Kier molecular flexibility index (Phi) is 12.4. The molecule has 12 heteroatoms. The van der Waals surface area contributed by atoms with Gasteiger partial charge in [-0.25, -0.2) is 8.42 Å². The van der Waals surface area contributed by atoms with Crippen molar-refractivity contribution < 1.29 is 18.0 Å². The van der Waals surface area contributed by atoms with E-state index < -0.39 is 34.4 Å². The predicted molar refractivity (Wildman–Crippen MR) is 186 cm³/mol. The fourth-order valence-electron chi connectivity index (χ4n) is 4.75. The third-order valence-corrected chi connectivity index (χ3v) is 10.4. The van der Waals surface area contributed by atoms with Crippen molar-refractivity contribution in [2.45, 2.75) is 37.8 Å². The zero-order valence-electron chi connectivity index (χ0n) is 25.2. The van der Waals surface area contributed by atoms with E-state index >= 15 is 0 Å². The lowest BCUT2D eigenvalue weighted by Gasteiger charge is -2.34. The molecule has 4 rings (SSSR count).